The van der Waals surface area contributed by atoms with Gasteiger partial charge in [-0.05, 0) is 6.07 Å². The van der Waals surface area contributed by atoms with Gasteiger partial charge in [0, 0.05) is 19.7 Å². The molecule has 1 saturated heterocycles. The van der Waals surface area contributed by atoms with Crippen molar-refractivity contribution in [3.8, 4) is 0 Å². The van der Waals surface area contributed by atoms with Gasteiger partial charge in [-0.15, -0.1) is 0 Å². The molecule has 0 bridgehead atoms. The Labute approximate surface area is 109 Å². The molecule has 0 unspecified atom stereocenters. The van der Waals surface area contributed by atoms with E-state index >= 15 is 0 Å². The topological polar surface area (TPSA) is 92.4 Å². The summed E-state index contributed by atoms with van der Waals surface area (Å²) in [5.74, 6) is 0. The summed E-state index contributed by atoms with van der Waals surface area (Å²) in [4.78, 5) is 8.63. The highest BCUT2D eigenvalue weighted by atomic mass is 16.5. The zero-order chi connectivity index (χ0) is 13.4. The van der Waals surface area contributed by atoms with E-state index in [1.165, 1.54) is 0 Å². The molecule has 7 heteroatoms. The van der Waals surface area contributed by atoms with Crippen molar-refractivity contribution in [1.82, 2.24) is 14.5 Å². The molecular weight excluding hydrogens is 248 g/mol. The lowest BCUT2D eigenvalue weighted by molar-refractivity contribution is -0.0432. The molecule has 7 nitrogen and oxygen atoms in total. The molecule has 0 aliphatic carbocycles. The molecule has 19 heavy (non-hydrogen) atoms. The van der Waals surface area contributed by atoms with Crippen LogP contribution in [0.15, 0.2) is 18.6 Å². The summed E-state index contributed by atoms with van der Waals surface area (Å²) in [6, 6.07) is 1.85. The van der Waals surface area contributed by atoms with E-state index < -0.39 is 12.2 Å². The van der Waals surface area contributed by atoms with Crippen molar-refractivity contribution in [3.63, 3.8) is 0 Å². The zero-order valence-electron chi connectivity index (χ0n) is 10.5. The van der Waals surface area contributed by atoms with Crippen LogP contribution >= 0.6 is 0 Å². The second kappa shape index (κ2) is 4.76. The summed E-state index contributed by atoms with van der Waals surface area (Å²) in [5.41, 5.74) is 2.35. The maximum Gasteiger partial charge on any atom is 0.164 e. The van der Waals surface area contributed by atoms with Crippen LogP contribution < -0.4 is 5.32 Å². The van der Waals surface area contributed by atoms with E-state index in [4.69, 9.17) is 9.84 Å². The predicted octanol–water partition coefficient (Wildman–Crippen LogP) is 0.114. The molecule has 3 heterocycles. The van der Waals surface area contributed by atoms with Gasteiger partial charge in [0.05, 0.1) is 24.7 Å². The SMILES string of the molecule is CNc1ccnc2c1ncn2[C@H]1C[C@H](O)[C@@H](CO)O1. The first-order chi connectivity index (χ1) is 9.24. The number of anilines is 1. The number of imidazole rings is 1. The number of ether oxygens (including phenoxy) is 1. The smallest absolute Gasteiger partial charge is 0.164 e. The van der Waals surface area contributed by atoms with Gasteiger partial charge in [-0.25, -0.2) is 9.97 Å². The quantitative estimate of drug-likeness (QED) is 0.729. The highest BCUT2D eigenvalue weighted by Gasteiger charge is 2.35. The van der Waals surface area contributed by atoms with Crippen LogP contribution in [-0.2, 0) is 4.74 Å². The highest BCUT2D eigenvalue weighted by molar-refractivity contribution is 5.85. The Morgan fingerprint density at radius 1 is 1.53 bits per heavy atom. The summed E-state index contributed by atoms with van der Waals surface area (Å²) in [6.45, 7) is -0.195. The Hall–Kier alpha value is -1.70. The summed E-state index contributed by atoms with van der Waals surface area (Å²) >= 11 is 0. The first-order valence-corrected chi connectivity index (χ1v) is 6.18. The van der Waals surface area contributed by atoms with Crippen LogP contribution in [0.25, 0.3) is 11.2 Å². The molecule has 1 aliphatic rings. The number of aliphatic hydroxyl groups excluding tert-OH is 2. The normalized spacial score (nSPS) is 27.0. The largest absolute Gasteiger partial charge is 0.394 e. The van der Waals surface area contributed by atoms with Crippen LogP contribution in [0.2, 0.25) is 0 Å². The molecule has 0 aromatic carbocycles. The van der Waals surface area contributed by atoms with E-state index in [2.05, 4.69) is 15.3 Å². The molecular formula is C12H16N4O3. The van der Waals surface area contributed by atoms with Gasteiger partial charge in [-0.1, -0.05) is 0 Å². The summed E-state index contributed by atoms with van der Waals surface area (Å²) < 4.78 is 7.40. The number of hydrogen-bond acceptors (Lipinski definition) is 6. The van der Waals surface area contributed by atoms with Gasteiger partial charge in [0.2, 0.25) is 0 Å². The number of aliphatic hydroxyl groups is 2. The molecule has 0 spiro atoms. The van der Waals surface area contributed by atoms with E-state index in [1.54, 1.807) is 17.1 Å². The molecule has 0 amide bonds. The minimum atomic E-state index is -0.667. The van der Waals surface area contributed by atoms with Crippen LogP contribution in [-0.4, -0.2) is 50.6 Å². The van der Waals surface area contributed by atoms with Crippen molar-refractivity contribution >= 4 is 16.9 Å². The first-order valence-electron chi connectivity index (χ1n) is 6.18. The number of fused-ring (bicyclic) bond motifs is 1. The van der Waals surface area contributed by atoms with Crippen molar-refractivity contribution in [2.24, 2.45) is 0 Å². The summed E-state index contributed by atoms with van der Waals surface area (Å²) in [7, 11) is 1.82. The van der Waals surface area contributed by atoms with Crippen LogP contribution in [0.1, 0.15) is 12.6 Å². The molecule has 102 valence electrons. The molecule has 1 fully saturated rings. The summed E-state index contributed by atoms with van der Waals surface area (Å²) in [6.07, 6.45) is 2.20. The third-order valence-corrected chi connectivity index (χ3v) is 3.42. The standard InChI is InChI=1S/C12H16N4O3/c1-13-7-2-3-14-12-11(7)15-6-16(12)10-4-8(18)9(5-17)19-10/h2-3,6,8-10,17-18H,4-5H2,1H3,(H,13,14)/t8-,9+,10+/m0/s1. The fourth-order valence-corrected chi connectivity index (χ4v) is 2.40. The Balaban J connectivity index is 1.98. The molecule has 3 rings (SSSR count). The van der Waals surface area contributed by atoms with Crippen molar-refractivity contribution < 1.29 is 14.9 Å². The van der Waals surface area contributed by atoms with Crippen LogP contribution in [0, 0.1) is 0 Å². The Morgan fingerprint density at radius 3 is 3.05 bits per heavy atom. The van der Waals surface area contributed by atoms with Gasteiger partial charge in [0.25, 0.3) is 0 Å². The van der Waals surface area contributed by atoms with Gasteiger partial charge >= 0.3 is 0 Å². The minimum absolute atomic E-state index is 0.195. The van der Waals surface area contributed by atoms with Crippen molar-refractivity contribution in [3.05, 3.63) is 18.6 Å². The van der Waals surface area contributed by atoms with E-state index in [1.807, 2.05) is 13.1 Å². The Morgan fingerprint density at radius 2 is 2.37 bits per heavy atom. The molecule has 3 atom stereocenters. The van der Waals surface area contributed by atoms with E-state index in [9.17, 15) is 5.11 Å². The van der Waals surface area contributed by atoms with Gasteiger partial charge in [0.1, 0.15) is 17.8 Å². The lowest BCUT2D eigenvalue weighted by Gasteiger charge is -2.13. The maximum absolute atomic E-state index is 9.78. The third kappa shape index (κ3) is 1.95. The van der Waals surface area contributed by atoms with Gasteiger partial charge in [0.15, 0.2) is 5.65 Å². The Kier molecular flexibility index (Phi) is 3.09. The highest BCUT2D eigenvalue weighted by Crippen LogP contribution is 2.31. The molecule has 3 N–H and O–H groups in total. The maximum atomic E-state index is 9.78. The number of nitrogens with one attached hydrogen (secondary N) is 1. The van der Waals surface area contributed by atoms with Gasteiger partial charge in [-0.3, -0.25) is 4.57 Å². The second-order valence-corrected chi connectivity index (χ2v) is 4.55. The van der Waals surface area contributed by atoms with Gasteiger partial charge in [-0.2, -0.15) is 0 Å². The fourth-order valence-electron chi connectivity index (χ4n) is 2.40. The van der Waals surface area contributed by atoms with Crippen LogP contribution in [0.4, 0.5) is 5.69 Å². The lowest BCUT2D eigenvalue weighted by Crippen LogP contribution is -2.24. The average molecular weight is 264 g/mol. The minimum Gasteiger partial charge on any atom is -0.394 e. The number of aromatic nitrogens is 3. The van der Waals surface area contributed by atoms with E-state index in [0.29, 0.717) is 12.1 Å². The number of hydrogen-bond donors (Lipinski definition) is 3. The van der Waals surface area contributed by atoms with E-state index in [0.717, 1.165) is 11.2 Å². The third-order valence-electron chi connectivity index (χ3n) is 3.42. The van der Waals surface area contributed by atoms with Crippen molar-refractivity contribution in [2.75, 3.05) is 19.0 Å². The van der Waals surface area contributed by atoms with E-state index in [-0.39, 0.29) is 12.8 Å². The lowest BCUT2D eigenvalue weighted by atomic mass is 10.2. The Bertz CT molecular complexity index is 585. The molecule has 2 aromatic heterocycles. The number of nitrogens with zero attached hydrogens (tertiary/aromatic N) is 3. The van der Waals surface area contributed by atoms with Crippen LogP contribution in [0.3, 0.4) is 0 Å². The van der Waals surface area contributed by atoms with Crippen molar-refractivity contribution in [2.45, 2.75) is 24.9 Å². The van der Waals surface area contributed by atoms with Crippen molar-refractivity contribution in [1.29, 1.82) is 0 Å². The molecule has 2 aromatic rings. The van der Waals surface area contributed by atoms with Gasteiger partial charge < -0.3 is 20.3 Å². The first kappa shape index (κ1) is 12.3. The second-order valence-electron chi connectivity index (χ2n) is 4.55. The molecule has 0 radical (unpaired) electrons. The molecule has 0 saturated carbocycles. The van der Waals surface area contributed by atoms with Crippen LogP contribution in [0.5, 0.6) is 0 Å². The molecule has 1 aliphatic heterocycles. The number of pyridine rings is 1. The average Bonchev–Trinajstić information content (AvgIpc) is 3.01. The summed E-state index contributed by atoms with van der Waals surface area (Å²) in [5, 5.41) is 21.9. The predicted molar refractivity (Wildman–Crippen MR) is 68.7 cm³/mol. The number of rotatable bonds is 3. The fraction of sp³-hybridized carbons (Fsp3) is 0.500. The zero-order valence-corrected chi connectivity index (χ0v) is 10.5. The monoisotopic (exact) mass is 264 g/mol.